The maximum absolute atomic E-state index is 13.1. The summed E-state index contributed by atoms with van der Waals surface area (Å²) in [5.74, 6) is -0.962. The third-order valence-electron chi connectivity index (χ3n) is 4.94. The molecule has 0 fully saturated rings. The fourth-order valence-corrected chi connectivity index (χ4v) is 3.21. The van der Waals surface area contributed by atoms with Crippen molar-refractivity contribution in [2.45, 2.75) is 20.0 Å². The number of aryl methyl sites for hydroxylation is 1. The minimum absolute atomic E-state index is 0.0317. The summed E-state index contributed by atoms with van der Waals surface area (Å²) in [6, 6.07) is 13.8. The molecule has 0 unspecified atom stereocenters. The Morgan fingerprint density at radius 1 is 1.18 bits per heavy atom. The Balaban J connectivity index is 2.13. The number of hydrogen-bond acceptors (Lipinski definition) is 7. The van der Waals surface area contributed by atoms with E-state index in [1.165, 1.54) is 31.1 Å². The van der Waals surface area contributed by atoms with E-state index in [0.717, 1.165) is 10.2 Å². The summed E-state index contributed by atoms with van der Waals surface area (Å²) in [7, 11) is 3.02. The molecular weight excluding hydrogens is 424 g/mol. The van der Waals surface area contributed by atoms with Gasteiger partial charge in [-0.15, -0.1) is 0 Å². The monoisotopic (exact) mass is 448 g/mol. The summed E-state index contributed by atoms with van der Waals surface area (Å²) in [6.45, 7) is 2.17. The molecule has 1 aromatic heterocycles. The largest absolute Gasteiger partial charge is 0.505 e. The highest BCUT2D eigenvalue weighted by atomic mass is 16.3. The van der Waals surface area contributed by atoms with Crippen LogP contribution in [0.2, 0.25) is 0 Å². The number of carbonyl (C=O) groups excluding carboxylic acids is 1. The number of carbonyl (C=O) groups is 1. The maximum Gasteiger partial charge on any atom is 0.291 e. The van der Waals surface area contributed by atoms with Gasteiger partial charge in [0.15, 0.2) is 5.75 Å². The van der Waals surface area contributed by atoms with Crippen molar-refractivity contribution in [3.63, 3.8) is 0 Å². The lowest BCUT2D eigenvalue weighted by Gasteiger charge is -2.18. The molecular formula is C23H24N6O4. The quantitative estimate of drug-likeness (QED) is 0.406. The van der Waals surface area contributed by atoms with Crippen molar-refractivity contribution in [1.29, 1.82) is 5.26 Å². The lowest BCUT2D eigenvalue weighted by Crippen LogP contribution is -2.33. The van der Waals surface area contributed by atoms with E-state index in [1.54, 1.807) is 6.92 Å². The van der Waals surface area contributed by atoms with Gasteiger partial charge in [0.25, 0.3) is 17.0 Å². The van der Waals surface area contributed by atoms with Crippen LogP contribution in [0.3, 0.4) is 0 Å². The number of hydrogen-bond donors (Lipinski definition) is 4. The Hall–Kier alpha value is -4.52. The topological polar surface area (TPSA) is 143 Å². The second kappa shape index (κ2) is 9.74. The van der Waals surface area contributed by atoms with Crippen LogP contribution in [0.25, 0.3) is 0 Å². The van der Waals surface area contributed by atoms with Crippen LogP contribution < -0.4 is 21.8 Å². The maximum atomic E-state index is 13.1. The lowest BCUT2D eigenvalue weighted by atomic mass is 10.1. The predicted molar refractivity (Wildman–Crippen MR) is 125 cm³/mol. The molecule has 0 aliphatic heterocycles. The van der Waals surface area contributed by atoms with Crippen molar-refractivity contribution in [1.82, 2.24) is 14.7 Å². The smallest absolute Gasteiger partial charge is 0.291 e. The Labute approximate surface area is 189 Å². The lowest BCUT2D eigenvalue weighted by molar-refractivity contribution is 0.0824. The summed E-state index contributed by atoms with van der Waals surface area (Å²) in [5.41, 5.74) is -0.421. The summed E-state index contributed by atoms with van der Waals surface area (Å²) in [4.78, 5) is 39.5. The molecule has 10 nitrogen and oxygen atoms in total. The SMILES string of the molecule is CCn1[nH]c(=O)c(NCc2ccccc2)c(Nc2cc(C#N)cc(C(=O)N(C)C)c2O)c1=O. The van der Waals surface area contributed by atoms with Gasteiger partial charge in [0, 0.05) is 27.2 Å². The van der Waals surface area contributed by atoms with E-state index in [1.807, 2.05) is 36.4 Å². The highest BCUT2D eigenvalue weighted by molar-refractivity contribution is 5.99. The zero-order valence-electron chi connectivity index (χ0n) is 18.5. The van der Waals surface area contributed by atoms with E-state index in [2.05, 4.69) is 15.7 Å². The first kappa shape index (κ1) is 23.1. The van der Waals surface area contributed by atoms with Crippen LogP contribution in [0.4, 0.5) is 17.1 Å². The van der Waals surface area contributed by atoms with Gasteiger partial charge in [0.1, 0.15) is 11.4 Å². The molecule has 0 aliphatic rings. The minimum atomic E-state index is -0.546. The molecule has 3 aromatic rings. The average Bonchev–Trinajstić information content (AvgIpc) is 2.81. The number of phenols is 1. The zero-order chi connectivity index (χ0) is 24.1. The molecule has 0 atom stereocenters. The van der Waals surface area contributed by atoms with Crippen LogP contribution in [0, 0.1) is 11.3 Å². The number of nitriles is 1. The van der Waals surface area contributed by atoms with E-state index in [9.17, 15) is 24.8 Å². The number of H-pyrrole nitrogens is 1. The molecule has 0 radical (unpaired) electrons. The van der Waals surface area contributed by atoms with Crippen molar-refractivity contribution in [2.24, 2.45) is 0 Å². The van der Waals surface area contributed by atoms with Gasteiger partial charge >= 0.3 is 0 Å². The number of phenolic OH excluding ortho intramolecular Hbond substituents is 1. The van der Waals surface area contributed by atoms with Crippen molar-refractivity contribution < 1.29 is 9.90 Å². The normalized spacial score (nSPS) is 10.4. The van der Waals surface area contributed by atoms with Crippen LogP contribution in [0.5, 0.6) is 5.75 Å². The third kappa shape index (κ3) is 4.88. The molecule has 0 bridgehead atoms. The molecule has 3 rings (SSSR count). The van der Waals surface area contributed by atoms with Crippen LogP contribution in [-0.4, -0.2) is 39.8 Å². The van der Waals surface area contributed by atoms with E-state index < -0.39 is 22.8 Å². The predicted octanol–water partition coefficient (Wildman–Crippen LogP) is 2.19. The van der Waals surface area contributed by atoms with Gasteiger partial charge in [-0.05, 0) is 24.6 Å². The summed E-state index contributed by atoms with van der Waals surface area (Å²) in [6.07, 6.45) is 0. The van der Waals surface area contributed by atoms with Gasteiger partial charge in [-0.1, -0.05) is 30.3 Å². The van der Waals surface area contributed by atoms with Gasteiger partial charge in [0.05, 0.1) is 22.9 Å². The van der Waals surface area contributed by atoms with Gasteiger partial charge in [-0.25, -0.2) is 4.68 Å². The molecule has 10 heteroatoms. The molecule has 1 heterocycles. The average molecular weight is 448 g/mol. The van der Waals surface area contributed by atoms with Crippen LogP contribution >= 0.6 is 0 Å². The number of nitrogens with one attached hydrogen (secondary N) is 3. The number of rotatable bonds is 7. The molecule has 2 aromatic carbocycles. The fourth-order valence-electron chi connectivity index (χ4n) is 3.21. The number of aromatic amines is 1. The second-order valence-corrected chi connectivity index (χ2v) is 7.44. The Morgan fingerprint density at radius 3 is 2.48 bits per heavy atom. The molecule has 0 spiro atoms. The van der Waals surface area contributed by atoms with Crippen molar-refractivity contribution >= 4 is 23.0 Å². The number of benzene rings is 2. The fraction of sp³-hybridized carbons (Fsp3) is 0.217. The highest BCUT2D eigenvalue weighted by Crippen LogP contribution is 2.33. The zero-order valence-corrected chi connectivity index (χ0v) is 18.5. The highest BCUT2D eigenvalue weighted by Gasteiger charge is 2.21. The minimum Gasteiger partial charge on any atom is -0.505 e. The Morgan fingerprint density at radius 2 is 1.88 bits per heavy atom. The van der Waals surface area contributed by atoms with Gasteiger partial charge in [0.2, 0.25) is 0 Å². The standard InChI is InChI=1S/C23H24N6O4/c1-4-29-23(33)19(18(21(31)27-29)25-13-14-8-6-5-7-9-14)26-17-11-15(12-24)10-16(20(17)30)22(32)28(2)3/h5-11,25-26,30H,4,13H2,1-3H3,(H,27,31). The molecule has 1 amide bonds. The van der Waals surface area contributed by atoms with Gasteiger partial charge in [-0.2, -0.15) is 5.26 Å². The van der Waals surface area contributed by atoms with Crippen molar-refractivity contribution in [3.8, 4) is 11.8 Å². The number of aromatic hydroxyl groups is 1. The third-order valence-corrected chi connectivity index (χ3v) is 4.94. The van der Waals surface area contributed by atoms with Crippen LogP contribution in [0.1, 0.15) is 28.4 Å². The van der Waals surface area contributed by atoms with Crippen molar-refractivity contribution in [2.75, 3.05) is 24.7 Å². The first-order valence-corrected chi connectivity index (χ1v) is 10.2. The summed E-state index contributed by atoms with van der Waals surface area (Å²) >= 11 is 0. The van der Waals surface area contributed by atoms with E-state index in [0.29, 0.717) is 0 Å². The van der Waals surface area contributed by atoms with Crippen molar-refractivity contribution in [3.05, 3.63) is 79.9 Å². The number of anilines is 3. The van der Waals surface area contributed by atoms with E-state index in [4.69, 9.17) is 0 Å². The molecule has 33 heavy (non-hydrogen) atoms. The van der Waals surface area contributed by atoms with E-state index in [-0.39, 0.29) is 41.3 Å². The number of nitrogens with zero attached hydrogens (tertiary/aromatic N) is 3. The summed E-state index contributed by atoms with van der Waals surface area (Å²) in [5, 5.41) is 28.4. The Kier molecular flexibility index (Phi) is 6.83. The molecule has 170 valence electrons. The summed E-state index contributed by atoms with van der Waals surface area (Å²) < 4.78 is 1.12. The molecule has 0 aliphatic carbocycles. The number of amides is 1. The second-order valence-electron chi connectivity index (χ2n) is 7.44. The Bertz CT molecular complexity index is 1340. The van der Waals surface area contributed by atoms with Gasteiger partial charge in [-0.3, -0.25) is 19.5 Å². The number of aromatic nitrogens is 2. The van der Waals surface area contributed by atoms with Gasteiger partial charge < -0.3 is 20.6 Å². The first-order chi connectivity index (χ1) is 15.8. The molecule has 0 saturated carbocycles. The molecule has 4 N–H and O–H groups in total. The van der Waals surface area contributed by atoms with Crippen LogP contribution in [0.15, 0.2) is 52.1 Å². The van der Waals surface area contributed by atoms with E-state index >= 15 is 0 Å². The van der Waals surface area contributed by atoms with Crippen LogP contribution in [-0.2, 0) is 13.1 Å². The first-order valence-electron chi connectivity index (χ1n) is 10.2. The molecule has 0 saturated heterocycles.